The van der Waals surface area contributed by atoms with Gasteiger partial charge in [0.1, 0.15) is 11.2 Å². The van der Waals surface area contributed by atoms with E-state index in [1.165, 1.54) is 21.8 Å². The minimum absolute atomic E-state index is 0.885. The number of fused-ring (bicyclic) bond motifs is 6. The van der Waals surface area contributed by atoms with Crippen LogP contribution in [0.1, 0.15) is 0 Å². The molecule has 2 heterocycles. The summed E-state index contributed by atoms with van der Waals surface area (Å²) >= 11 is 0. The van der Waals surface area contributed by atoms with Gasteiger partial charge in [-0.3, -0.25) is 0 Å². The number of rotatable bonds is 15. The van der Waals surface area contributed by atoms with Crippen molar-refractivity contribution < 1.29 is 4.42 Å². The molecule has 0 aliphatic heterocycles. The average molecular weight is 1150 g/mol. The molecule has 0 atom stereocenters. The maximum atomic E-state index is 6.32. The normalized spacial score (nSPS) is 11.3. The van der Waals surface area contributed by atoms with E-state index in [2.05, 4.69) is 370 Å². The van der Waals surface area contributed by atoms with Gasteiger partial charge in [0, 0.05) is 95.5 Å². The van der Waals surface area contributed by atoms with Gasteiger partial charge in [-0.15, -0.1) is 0 Å². The van der Waals surface area contributed by atoms with Crippen molar-refractivity contribution in [2.75, 3.05) is 19.6 Å². The van der Waals surface area contributed by atoms with Crippen molar-refractivity contribution in [3.63, 3.8) is 0 Å². The van der Waals surface area contributed by atoms with Crippen molar-refractivity contribution in [1.29, 1.82) is 0 Å². The van der Waals surface area contributed by atoms with Crippen LogP contribution in [0.3, 0.4) is 0 Å². The van der Waals surface area contributed by atoms with Gasteiger partial charge in [0.25, 0.3) is 0 Å². The third-order valence-electron chi connectivity index (χ3n) is 17.2. The number of benzene rings is 14. The van der Waals surface area contributed by atoms with Gasteiger partial charge in [0.2, 0.25) is 0 Å². The van der Waals surface area contributed by atoms with Crippen LogP contribution in [0.15, 0.2) is 362 Å². The van der Waals surface area contributed by atoms with Crippen LogP contribution in [-0.4, -0.2) is 4.57 Å². The molecule has 0 saturated carbocycles. The van der Waals surface area contributed by atoms with E-state index in [0.29, 0.717) is 0 Å². The summed E-state index contributed by atoms with van der Waals surface area (Å²) in [7, 11) is 0. The van der Waals surface area contributed by atoms with Crippen LogP contribution >= 0.6 is 0 Å². The molecule has 0 unspecified atom stereocenters. The maximum Gasteiger partial charge on any atom is 0.136 e. The third kappa shape index (κ3) is 10.0. The van der Waals surface area contributed by atoms with Gasteiger partial charge in [-0.1, -0.05) is 170 Å². The van der Waals surface area contributed by atoms with Gasteiger partial charge in [0.05, 0.1) is 11.0 Å². The van der Waals surface area contributed by atoms with Crippen LogP contribution in [0, 0.1) is 0 Å². The molecule has 16 rings (SSSR count). The number of hydrogen-bond donors (Lipinski definition) is 0. The first kappa shape index (κ1) is 53.4. The Kier molecular flexibility index (Phi) is 13.8. The number of nitrogens with zero attached hydrogens (tertiary/aromatic N) is 5. The topological polar surface area (TPSA) is 31.0 Å². The largest absolute Gasteiger partial charge is 0.456 e. The summed E-state index contributed by atoms with van der Waals surface area (Å²) in [6.07, 6.45) is 0. The summed E-state index contributed by atoms with van der Waals surface area (Å²) in [5, 5.41) is 4.74. The van der Waals surface area contributed by atoms with Crippen molar-refractivity contribution in [3.8, 4) is 27.9 Å². The van der Waals surface area contributed by atoms with Crippen LogP contribution in [0.4, 0.5) is 68.2 Å². The second kappa shape index (κ2) is 23.3. The molecule has 14 aromatic carbocycles. The molecule has 0 radical (unpaired) electrons. The zero-order valence-electron chi connectivity index (χ0n) is 49.2. The quantitative estimate of drug-likeness (QED) is 0.102. The molecule has 6 heteroatoms. The predicted molar refractivity (Wildman–Crippen MR) is 378 cm³/mol. The molecular weight excluding hydrogens is 1090 g/mol. The first-order valence-electron chi connectivity index (χ1n) is 30.6. The molecule has 0 aliphatic carbocycles. The van der Waals surface area contributed by atoms with Crippen LogP contribution in [0.5, 0.6) is 0 Å². The van der Waals surface area contributed by atoms with Crippen LogP contribution in [0.2, 0.25) is 0 Å². The van der Waals surface area contributed by atoms with Gasteiger partial charge in [-0.2, -0.15) is 0 Å². The van der Waals surface area contributed by atoms with Crippen molar-refractivity contribution >= 4 is 112 Å². The lowest BCUT2D eigenvalue weighted by Gasteiger charge is -2.29. The zero-order valence-corrected chi connectivity index (χ0v) is 49.2. The van der Waals surface area contributed by atoms with E-state index in [9.17, 15) is 0 Å². The van der Waals surface area contributed by atoms with E-state index in [4.69, 9.17) is 4.42 Å². The fourth-order valence-electron chi connectivity index (χ4n) is 12.9. The Labute approximate surface area is 523 Å². The first-order chi connectivity index (χ1) is 44.6. The average Bonchev–Trinajstić information content (AvgIpc) is 1.80. The second-order valence-corrected chi connectivity index (χ2v) is 22.6. The van der Waals surface area contributed by atoms with Gasteiger partial charge >= 0.3 is 0 Å². The number of aromatic nitrogens is 1. The molecular formula is C84H59N5O. The predicted octanol–water partition coefficient (Wildman–Crippen LogP) is 23.9. The van der Waals surface area contributed by atoms with E-state index in [1.54, 1.807) is 0 Å². The minimum atomic E-state index is 0.885. The molecule has 0 N–H and O–H groups in total. The van der Waals surface area contributed by atoms with E-state index < -0.39 is 0 Å². The fraction of sp³-hybridized carbons (Fsp3) is 0. The highest BCUT2D eigenvalue weighted by Crippen LogP contribution is 2.44. The Hall–Kier alpha value is -12.1. The standard InChI is InChI=1S/C84H59N5O/c1-5-19-64(20-6-1)85(65-21-7-2-8-22-65)71-46-50-73(51-47-71)88(74-52-48-72(49-53-74)86(66-23-9-3-10-24-66)67-25-11-4-12-26-67)69-42-35-61(36-43-69)60-33-40-68(41-34-60)87(70-44-37-62(38-45-70)63-39-58-80-79-29-15-18-32-83(79)90-84(80)59-63)75-54-56-76(57-55-75)89-81-30-16-13-27-77(81)78-28-14-17-31-82(78)89/h1-59H. The molecule has 90 heavy (non-hydrogen) atoms. The zero-order chi connectivity index (χ0) is 59.7. The highest BCUT2D eigenvalue weighted by atomic mass is 16.3. The molecule has 0 aliphatic rings. The van der Waals surface area contributed by atoms with Gasteiger partial charge in [0.15, 0.2) is 0 Å². The molecule has 426 valence electrons. The fourth-order valence-corrected chi connectivity index (χ4v) is 12.9. The van der Waals surface area contributed by atoms with Crippen molar-refractivity contribution in [3.05, 3.63) is 358 Å². The third-order valence-corrected chi connectivity index (χ3v) is 17.2. The van der Waals surface area contributed by atoms with E-state index in [1.807, 2.05) is 12.1 Å². The monoisotopic (exact) mass is 1150 g/mol. The molecule has 6 nitrogen and oxygen atoms in total. The Balaban J connectivity index is 0.744. The summed E-state index contributed by atoms with van der Waals surface area (Å²) in [5.41, 5.74) is 22.5. The molecule has 0 fully saturated rings. The molecule has 0 saturated heterocycles. The lowest BCUT2D eigenvalue weighted by Crippen LogP contribution is -2.13. The van der Waals surface area contributed by atoms with E-state index in [-0.39, 0.29) is 0 Å². The summed E-state index contributed by atoms with van der Waals surface area (Å²) in [6.45, 7) is 0. The Morgan fingerprint density at radius 1 is 0.189 bits per heavy atom. The van der Waals surface area contributed by atoms with Crippen LogP contribution in [-0.2, 0) is 0 Å². The smallest absolute Gasteiger partial charge is 0.136 e. The van der Waals surface area contributed by atoms with Gasteiger partial charge in [-0.05, 0) is 210 Å². The molecule has 0 amide bonds. The Bertz CT molecular complexity index is 4870. The summed E-state index contributed by atoms with van der Waals surface area (Å²) in [5.74, 6) is 0. The van der Waals surface area contributed by atoms with E-state index in [0.717, 1.165) is 118 Å². The van der Waals surface area contributed by atoms with Gasteiger partial charge in [-0.25, -0.2) is 0 Å². The number of furan rings is 1. The maximum absolute atomic E-state index is 6.32. The molecule has 0 bridgehead atoms. The van der Waals surface area contributed by atoms with Gasteiger partial charge < -0.3 is 28.6 Å². The number of para-hydroxylation sites is 7. The number of anilines is 12. The minimum Gasteiger partial charge on any atom is -0.456 e. The Morgan fingerprint density at radius 3 is 0.811 bits per heavy atom. The van der Waals surface area contributed by atoms with Crippen LogP contribution < -0.4 is 19.6 Å². The molecule has 0 spiro atoms. The van der Waals surface area contributed by atoms with E-state index >= 15 is 0 Å². The van der Waals surface area contributed by atoms with Crippen molar-refractivity contribution in [2.24, 2.45) is 0 Å². The molecule has 2 aromatic heterocycles. The second-order valence-electron chi connectivity index (χ2n) is 22.6. The highest BCUT2D eigenvalue weighted by molar-refractivity contribution is 6.09. The molecule has 16 aromatic rings. The summed E-state index contributed by atoms with van der Waals surface area (Å²) < 4.78 is 8.69. The van der Waals surface area contributed by atoms with Crippen molar-refractivity contribution in [2.45, 2.75) is 0 Å². The lowest BCUT2D eigenvalue weighted by molar-refractivity contribution is 0.669. The lowest BCUT2D eigenvalue weighted by atomic mass is 10.0. The van der Waals surface area contributed by atoms with Crippen LogP contribution in [0.25, 0.3) is 71.7 Å². The van der Waals surface area contributed by atoms with Crippen molar-refractivity contribution in [1.82, 2.24) is 4.57 Å². The highest BCUT2D eigenvalue weighted by Gasteiger charge is 2.21. The Morgan fingerprint density at radius 2 is 0.444 bits per heavy atom. The summed E-state index contributed by atoms with van der Waals surface area (Å²) in [6, 6.07) is 128. The summed E-state index contributed by atoms with van der Waals surface area (Å²) in [4.78, 5) is 9.29. The SMILES string of the molecule is c1ccc(N(c2ccccc2)c2ccc(N(c3ccc(-c4ccc(N(c5ccc(-c6ccc7c(c6)oc6ccccc67)cc5)c5ccc(-n6c7ccccc7c7ccccc76)cc5)cc4)cc3)c3ccc(N(c4ccccc4)c4ccccc4)cc3)cc2)cc1. The first-order valence-corrected chi connectivity index (χ1v) is 30.6. The number of hydrogen-bond acceptors (Lipinski definition) is 5.